The normalized spacial score (nSPS) is 14.4. The second kappa shape index (κ2) is 4.92. The average Bonchev–Trinajstić information content (AvgIpc) is 2.60. The smallest absolute Gasteiger partial charge is 0.256 e. The van der Waals surface area contributed by atoms with E-state index in [1.54, 1.807) is 0 Å². The highest BCUT2D eigenvalue weighted by Gasteiger charge is 2.43. The maximum Gasteiger partial charge on any atom is 0.256 e. The van der Waals surface area contributed by atoms with Gasteiger partial charge in [-0.3, -0.25) is 0 Å². The third-order valence-corrected chi connectivity index (χ3v) is 5.18. The van der Waals surface area contributed by atoms with Gasteiger partial charge in [0.2, 0.25) is 0 Å². The molecule has 0 unspecified atom stereocenters. The molecule has 0 radical (unpaired) electrons. The Balaban J connectivity index is 1.88. The van der Waals surface area contributed by atoms with Crippen LogP contribution in [0.5, 0.6) is 11.5 Å². The van der Waals surface area contributed by atoms with Crippen LogP contribution in [-0.4, -0.2) is 12.3 Å². The van der Waals surface area contributed by atoms with E-state index in [0.29, 0.717) is 0 Å². The Bertz CT molecular complexity index is 989. The summed E-state index contributed by atoms with van der Waals surface area (Å²) in [6.07, 6.45) is 0. The van der Waals surface area contributed by atoms with Gasteiger partial charge in [-0.1, -0.05) is 42.5 Å². The van der Waals surface area contributed by atoms with Crippen molar-refractivity contribution in [2.24, 2.45) is 0 Å². The van der Waals surface area contributed by atoms with Crippen LogP contribution < -0.4 is 26.0 Å². The zero-order valence-electron chi connectivity index (χ0n) is 14.8. The Morgan fingerprint density at radius 1 is 0.720 bits per heavy atom. The summed E-state index contributed by atoms with van der Waals surface area (Å²) in [5, 5.41) is 0. The van der Waals surface area contributed by atoms with Crippen molar-refractivity contribution in [3.8, 4) is 11.5 Å². The van der Waals surface area contributed by atoms with Crippen molar-refractivity contribution >= 4 is 34.5 Å². The third-order valence-electron chi connectivity index (χ3n) is 5.18. The zero-order chi connectivity index (χ0) is 17.2. The molecule has 0 N–H and O–H groups in total. The van der Waals surface area contributed by atoms with E-state index in [1.807, 2.05) is 6.07 Å². The summed E-state index contributed by atoms with van der Waals surface area (Å²) in [6, 6.07) is 23.6. The molecular weight excluding hydrogens is 305 g/mol. The molecule has 0 amide bonds. The summed E-state index contributed by atoms with van der Waals surface area (Å²) in [4.78, 5) is 2.45. The van der Waals surface area contributed by atoms with Crippen molar-refractivity contribution in [2.75, 3.05) is 4.90 Å². The molecule has 2 aliphatic heterocycles. The van der Waals surface area contributed by atoms with Crippen molar-refractivity contribution in [1.82, 2.24) is 0 Å². The topological polar surface area (TPSA) is 12.5 Å². The lowest BCUT2D eigenvalue weighted by atomic mass is 9.34. The molecule has 0 bridgehead atoms. The van der Waals surface area contributed by atoms with E-state index in [-0.39, 0.29) is 12.3 Å². The number of hydrogen-bond donors (Lipinski definition) is 0. The fraction of sp³-hybridized carbons (Fsp3) is 0.182. The largest absolute Gasteiger partial charge is 0.458 e. The van der Waals surface area contributed by atoms with Crippen LogP contribution in [0.4, 0.5) is 11.4 Å². The number of hydrogen-bond acceptors (Lipinski definition) is 2. The van der Waals surface area contributed by atoms with E-state index in [9.17, 15) is 0 Å². The average molecular weight is 325 g/mol. The minimum Gasteiger partial charge on any atom is -0.458 e. The van der Waals surface area contributed by atoms with Crippen LogP contribution in [0.2, 0.25) is 0 Å². The highest BCUT2D eigenvalue weighted by Crippen LogP contribution is 2.39. The van der Waals surface area contributed by atoms with Gasteiger partial charge in [0.1, 0.15) is 11.5 Å². The van der Waals surface area contributed by atoms with E-state index in [1.165, 1.54) is 27.8 Å². The zero-order valence-corrected chi connectivity index (χ0v) is 14.8. The summed E-state index contributed by atoms with van der Waals surface area (Å²) in [5.74, 6) is 1.95. The molecule has 2 heterocycles. The van der Waals surface area contributed by atoms with Gasteiger partial charge in [-0.05, 0) is 61.4 Å². The summed E-state index contributed by atoms with van der Waals surface area (Å²) < 4.78 is 6.27. The highest BCUT2D eigenvalue weighted by atomic mass is 16.5. The molecule has 0 saturated carbocycles. The fourth-order valence-electron chi connectivity index (χ4n) is 4.30. The third kappa shape index (κ3) is 1.99. The monoisotopic (exact) mass is 325 g/mol. The van der Waals surface area contributed by atoms with Gasteiger partial charge in [-0.25, -0.2) is 0 Å². The van der Waals surface area contributed by atoms with Gasteiger partial charge in [0, 0.05) is 16.9 Å². The molecule has 3 heteroatoms. The first kappa shape index (κ1) is 14.6. The summed E-state index contributed by atoms with van der Waals surface area (Å²) >= 11 is 0. The van der Waals surface area contributed by atoms with Crippen LogP contribution >= 0.6 is 0 Å². The maximum atomic E-state index is 6.27. The van der Waals surface area contributed by atoms with Crippen molar-refractivity contribution in [3.63, 3.8) is 0 Å². The molecule has 0 aliphatic carbocycles. The van der Waals surface area contributed by atoms with E-state index in [0.717, 1.165) is 11.5 Å². The predicted molar refractivity (Wildman–Crippen MR) is 106 cm³/mol. The van der Waals surface area contributed by atoms with Crippen LogP contribution in [0.25, 0.3) is 0 Å². The van der Waals surface area contributed by atoms with Crippen LogP contribution in [0.1, 0.15) is 20.8 Å². The molecule has 2 aliphatic rings. The molecule has 0 spiro atoms. The Morgan fingerprint density at radius 2 is 1.36 bits per heavy atom. The number of benzene rings is 3. The van der Waals surface area contributed by atoms with Gasteiger partial charge >= 0.3 is 0 Å². The first-order valence-electron chi connectivity index (χ1n) is 8.84. The number of fused-ring (bicyclic) bond motifs is 4. The maximum absolute atomic E-state index is 6.27. The lowest BCUT2D eigenvalue weighted by molar-refractivity contribution is 0.486. The summed E-state index contributed by atoms with van der Waals surface area (Å²) in [7, 11) is 0. The molecule has 5 rings (SSSR count). The summed E-state index contributed by atoms with van der Waals surface area (Å²) in [5.41, 5.74) is 6.42. The Morgan fingerprint density at radius 3 is 2.16 bits per heavy atom. The van der Waals surface area contributed by atoms with E-state index < -0.39 is 0 Å². The van der Waals surface area contributed by atoms with Crippen molar-refractivity contribution < 1.29 is 4.74 Å². The SMILES string of the molecule is CC(C)(C)N1c2ccccc2B2c3ccccc3Oc3cccc1c32. The van der Waals surface area contributed by atoms with Crippen molar-refractivity contribution in [2.45, 2.75) is 26.3 Å². The summed E-state index contributed by atoms with van der Waals surface area (Å²) in [6.45, 7) is 7.02. The van der Waals surface area contributed by atoms with Gasteiger partial charge in [-0.2, -0.15) is 0 Å². The predicted octanol–water partition coefficient (Wildman–Crippen LogP) is 3.56. The standard InChI is InChI=1S/C22H20BNO/c1-22(2,3)24-17-11-6-4-9-15(17)23-16-10-5-7-13-19(16)25-20-14-8-12-18(24)21(20)23/h4-14H,1-3H3. The molecule has 122 valence electrons. The first-order chi connectivity index (χ1) is 12.1. The van der Waals surface area contributed by atoms with Crippen LogP contribution in [0, 0.1) is 0 Å². The Kier molecular flexibility index (Phi) is 2.88. The first-order valence-corrected chi connectivity index (χ1v) is 8.84. The fourth-order valence-corrected chi connectivity index (χ4v) is 4.30. The van der Waals surface area contributed by atoms with Gasteiger partial charge in [0.25, 0.3) is 6.71 Å². The molecule has 3 aromatic carbocycles. The van der Waals surface area contributed by atoms with Crippen LogP contribution in [-0.2, 0) is 0 Å². The van der Waals surface area contributed by atoms with Gasteiger partial charge in [0.05, 0.1) is 0 Å². The Labute approximate surface area is 149 Å². The molecule has 0 aromatic heterocycles. The number of anilines is 2. The molecule has 0 saturated heterocycles. The quantitative estimate of drug-likeness (QED) is 0.458. The lowest BCUT2D eigenvalue weighted by Crippen LogP contribution is -2.62. The number of para-hydroxylation sites is 2. The van der Waals surface area contributed by atoms with Gasteiger partial charge in [-0.15, -0.1) is 0 Å². The van der Waals surface area contributed by atoms with Crippen molar-refractivity contribution in [1.29, 1.82) is 0 Å². The molecular formula is C22H20BNO. The molecule has 0 atom stereocenters. The Hall–Kier alpha value is -2.68. The second-order valence-electron chi connectivity index (χ2n) is 7.83. The number of rotatable bonds is 0. The molecule has 0 fully saturated rings. The molecule has 3 aromatic rings. The van der Waals surface area contributed by atoms with E-state index in [4.69, 9.17) is 4.74 Å². The van der Waals surface area contributed by atoms with Crippen LogP contribution in [0.3, 0.4) is 0 Å². The van der Waals surface area contributed by atoms with E-state index in [2.05, 4.69) is 86.3 Å². The van der Waals surface area contributed by atoms with Gasteiger partial charge in [0.15, 0.2) is 0 Å². The number of ether oxygens (including phenoxy) is 1. The molecule has 25 heavy (non-hydrogen) atoms. The van der Waals surface area contributed by atoms with Gasteiger partial charge < -0.3 is 9.64 Å². The van der Waals surface area contributed by atoms with Crippen LogP contribution in [0.15, 0.2) is 66.7 Å². The van der Waals surface area contributed by atoms with Crippen molar-refractivity contribution in [3.05, 3.63) is 66.7 Å². The minimum atomic E-state index is -0.0207. The molecule has 2 nitrogen and oxygen atoms in total. The highest BCUT2D eigenvalue weighted by molar-refractivity contribution is 6.99. The van der Waals surface area contributed by atoms with E-state index >= 15 is 0 Å². The minimum absolute atomic E-state index is 0.0207. The lowest BCUT2D eigenvalue weighted by Gasteiger charge is -2.46. The number of nitrogens with zero attached hydrogens (tertiary/aromatic N) is 1. The second-order valence-corrected chi connectivity index (χ2v) is 7.83.